The van der Waals surface area contributed by atoms with Gasteiger partial charge in [0.2, 0.25) is 0 Å². The van der Waals surface area contributed by atoms with Crippen LogP contribution >= 0.6 is 0 Å². The minimum atomic E-state index is -0.934. The fourth-order valence-electron chi connectivity index (χ4n) is 3.23. The third-order valence-electron chi connectivity index (χ3n) is 4.39. The van der Waals surface area contributed by atoms with Crippen LogP contribution in [0.15, 0.2) is 84.9 Å². The molecule has 0 amide bonds. The molecule has 0 bridgehead atoms. The molecule has 0 unspecified atom stereocenters. The van der Waals surface area contributed by atoms with Crippen molar-refractivity contribution in [3.05, 3.63) is 96.1 Å². The molecule has 0 saturated heterocycles. The van der Waals surface area contributed by atoms with E-state index in [0.717, 1.165) is 11.1 Å². The molecule has 0 fully saturated rings. The highest BCUT2D eigenvalue weighted by Crippen LogP contribution is 2.24. The van der Waals surface area contributed by atoms with Gasteiger partial charge in [0, 0.05) is 11.1 Å². The molecule has 0 aromatic heterocycles. The summed E-state index contributed by atoms with van der Waals surface area (Å²) < 4.78 is 12.8. The third-order valence-corrected chi connectivity index (χ3v) is 5.66. The zero-order chi connectivity index (χ0) is 16.4. The van der Waals surface area contributed by atoms with E-state index in [-0.39, 0.29) is 0 Å². The average molecular weight is 330 g/mol. The van der Waals surface area contributed by atoms with Crippen LogP contribution in [0.2, 0.25) is 0 Å². The van der Waals surface area contributed by atoms with Gasteiger partial charge in [-0.15, -0.1) is 0 Å². The summed E-state index contributed by atoms with van der Waals surface area (Å²) in [6.07, 6.45) is 0. The summed E-state index contributed by atoms with van der Waals surface area (Å²) in [7, 11) is 0. The Kier molecular flexibility index (Phi) is 4.24. The first-order valence-electron chi connectivity index (χ1n) is 8.09. The van der Waals surface area contributed by atoms with E-state index in [1.807, 2.05) is 36.4 Å². The van der Waals surface area contributed by atoms with E-state index in [1.54, 1.807) is 0 Å². The van der Waals surface area contributed by atoms with Gasteiger partial charge < -0.3 is 4.55 Å². The van der Waals surface area contributed by atoms with Gasteiger partial charge in [0.1, 0.15) is 11.5 Å². The summed E-state index contributed by atoms with van der Waals surface area (Å²) in [4.78, 5) is 0. The van der Waals surface area contributed by atoms with Crippen LogP contribution < -0.4 is 0 Å². The Hall–Kier alpha value is -2.29. The SMILES string of the molecule is [O-][S+](Cc1cccc2ccccc12)Cc1cccc2ccccc12. The Bertz CT molecular complexity index is 901. The number of hydrogen-bond donors (Lipinski definition) is 0. The Morgan fingerprint density at radius 3 is 1.46 bits per heavy atom. The lowest BCUT2D eigenvalue weighted by Crippen LogP contribution is -2.08. The molecule has 118 valence electrons. The molecule has 4 rings (SSSR count). The maximum atomic E-state index is 12.8. The van der Waals surface area contributed by atoms with Crippen LogP contribution in [0.5, 0.6) is 0 Å². The van der Waals surface area contributed by atoms with Crippen molar-refractivity contribution in [2.24, 2.45) is 0 Å². The number of hydrogen-bond acceptors (Lipinski definition) is 1. The van der Waals surface area contributed by atoms with E-state index < -0.39 is 11.2 Å². The van der Waals surface area contributed by atoms with E-state index in [0.29, 0.717) is 11.5 Å². The lowest BCUT2D eigenvalue weighted by molar-refractivity contribution is 0.593. The molecule has 0 heterocycles. The summed E-state index contributed by atoms with van der Waals surface area (Å²) in [5.41, 5.74) is 2.32. The average Bonchev–Trinajstić information content (AvgIpc) is 2.62. The summed E-state index contributed by atoms with van der Waals surface area (Å²) in [6.45, 7) is 0. The van der Waals surface area contributed by atoms with Crippen LogP contribution in [-0.4, -0.2) is 4.55 Å². The number of benzene rings is 4. The van der Waals surface area contributed by atoms with Crippen LogP contribution in [0.4, 0.5) is 0 Å². The Morgan fingerprint density at radius 2 is 0.958 bits per heavy atom. The van der Waals surface area contributed by atoms with E-state index >= 15 is 0 Å². The molecule has 0 radical (unpaired) electrons. The molecule has 4 aromatic rings. The predicted molar refractivity (Wildman–Crippen MR) is 103 cm³/mol. The molecule has 24 heavy (non-hydrogen) atoms. The van der Waals surface area contributed by atoms with Crippen LogP contribution in [0.1, 0.15) is 11.1 Å². The topological polar surface area (TPSA) is 23.1 Å². The minimum Gasteiger partial charge on any atom is -0.616 e. The first-order chi connectivity index (χ1) is 11.8. The highest BCUT2D eigenvalue weighted by molar-refractivity contribution is 7.89. The summed E-state index contributed by atoms with van der Waals surface area (Å²) in [5, 5.41) is 4.81. The first kappa shape index (κ1) is 15.3. The van der Waals surface area contributed by atoms with Gasteiger partial charge in [0.15, 0.2) is 0 Å². The normalized spacial score (nSPS) is 11.4. The maximum absolute atomic E-state index is 12.8. The maximum Gasteiger partial charge on any atom is 0.131 e. The monoisotopic (exact) mass is 330 g/mol. The standard InChI is InChI=1S/C22H18OS/c23-24(15-19-11-5-9-17-7-1-3-13-21(17)19)16-20-12-6-10-18-8-2-4-14-22(18)20/h1-14H,15-16H2. The van der Waals surface area contributed by atoms with Gasteiger partial charge in [0.25, 0.3) is 0 Å². The Balaban J connectivity index is 1.61. The van der Waals surface area contributed by atoms with Gasteiger partial charge in [-0.1, -0.05) is 84.9 Å². The second kappa shape index (κ2) is 6.68. The second-order valence-corrected chi connectivity index (χ2v) is 7.46. The van der Waals surface area contributed by atoms with Crippen molar-refractivity contribution in [1.29, 1.82) is 0 Å². The third kappa shape index (κ3) is 3.03. The van der Waals surface area contributed by atoms with Crippen molar-refractivity contribution in [3.63, 3.8) is 0 Å². The quantitative estimate of drug-likeness (QED) is 0.457. The molecule has 0 atom stereocenters. The van der Waals surface area contributed by atoms with Crippen molar-refractivity contribution in [3.8, 4) is 0 Å². The van der Waals surface area contributed by atoms with E-state index in [4.69, 9.17) is 0 Å². The summed E-state index contributed by atoms with van der Waals surface area (Å²) in [5.74, 6) is 1.18. The van der Waals surface area contributed by atoms with Crippen molar-refractivity contribution in [2.45, 2.75) is 11.5 Å². The van der Waals surface area contributed by atoms with Crippen LogP contribution in [0.3, 0.4) is 0 Å². The van der Waals surface area contributed by atoms with Crippen molar-refractivity contribution in [1.82, 2.24) is 0 Å². The van der Waals surface area contributed by atoms with Crippen molar-refractivity contribution < 1.29 is 4.55 Å². The molecular weight excluding hydrogens is 312 g/mol. The summed E-state index contributed by atoms with van der Waals surface area (Å²) >= 11 is -0.934. The zero-order valence-electron chi connectivity index (χ0n) is 13.3. The van der Waals surface area contributed by atoms with Crippen LogP contribution in [-0.2, 0) is 22.7 Å². The number of rotatable bonds is 4. The summed E-state index contributed by atoms with van der Waals surface area (Å²) in [6, 6.07) is 29.1. The van der Waals surface area contributed by atoms with Crippen molar-refractivity contribution in [2.75, 3.05) is 0 Å². The zero-order valence-corrected chi connectivity index (χ0v) is 14.1. The lowest BCUT2D eigenvalue weighted by atomic mass is 10.1. The molecule has 0 aliphatic rings. The highest BCUT2D eigenvalue weighted by Gasteiger charge is 2.13. The fourth-order valence-corrected chi connectivity index (χ4v) is 4.53. The van der Waals surface area contributed by atoms with Gasteiger partial charge in [-0.2, -0.15) is 0 Å². The van der Waals surface area contributed by atoms with E-state index in [2.05, 4.69) is 48.5 Å². The van der Waals surface area contributed by atoms with Gasteiger partial charge in [-0.3, -0.25) is 0 Å². The molecule has 4 aromatic carbocycles. The molecular formula is C22H18OS. The van der Waals surface area contributed by atoms with Gasteiger partial charge >= 0.3 is 0 Å². The molecule has 0 aliphatic heterocycles. The molecule has 0 aliphatic carbocycles. The van der Waals surface area contributed by atoms with Gasteiger partial charge in [-0.25, -0.2) is 0 Å². The molecule has 0 spiro atoms. The van der Waals surface area contributed by atoms with Crippen LogP contribution in [0, 0.1) is 0 Å². The minimum absolute atomic E-state index is 0.588. The molecule has 2 heteroatoms. The fraction of sp³-hybridized carbons (Fsp3) is 0.0909. The Labute approximate surface area is 145 Å². The van der Waals surface area contributed by atoms with Gasteiger partial charge in [0.05, 0.1) is 0 Å². The molecule has 0 N–H and O–H groups in total. The predicted octanol–water partition coefficient (Wildman–Crippen LogP) is 5.44. The lowest BCUT2D eigenvalue weighted by Gasteiger charge is -2.14. The highest BCUT2D eigenvalue weighted by atomic mass is 32.2. The van der Waals surface area contributed by atoms with Gasteiger partial charge in [-0.05, 0) is 32.7 Å². The van der Waals surface area contributed by atoms with E-state index in [1.165, 1.54) is 21.5 Å². The smallest absolute Gasteiger partial charge is 0.131 e. The number of fused-ring (bicyclic) bond motifs is 2. The van der Waals surface area contributed by atoms with Crippen LogP contribution in [0.25, 0.3) is 21.5 Å². The van der Waals surface area contributed by atoms with Crippen molar-refractivity contribution >= 4 is 32.7 Å². The first-order valence-corrected chi connectivity index (χ1v) is 9.58. The molecule has 0 saturated carbocycles. The second-order valence-electron chi connectivity index (χ2n) is 6.01. The Morgan fingerprint density at radius 1 is 0.542 bits per heavy atom. The largest absolute Gasteiger partial charge is 0.616 e. The molecule has 1 nitrogen and oxygen atoms in total. The van der Waals surface area contributed by atoms with E-state index in [9.17, 15) is 4.55 Å².